The number of rotatable bonds is 3. The SMILES string of the molecule is Cc1ccc(CC(Br)(C#N)CBr)cc1. The van der Waals surface area contributed by atoms with Gasteiger partial charge in [0.2, 0.25) is 0 Å². The Morgan fingerprint density at radius 2 is 1.93 bits per heavy atom. The number of aryl methyl sites for hydroxylation is 1. The van der Waals surface area contributed by atoms with E-state index in [1.54, 1.807) is 0 Å². The van der Waals surface area contributed by atoms with Gasteiger partial charge in [0.05, 0.1) is 6.07 Å². The standard InChI is InChI=1S/C11H11Br2N/c1-9-2-4-10(5-3-9)6-11(13,7-12)8-14/h2-5H,6-7H2,1H3. The normalized spacial score (nSPS) is 14.4. The maximum absolute atomic E-state index is 8.97. The van der Waals surface area contributed by atoms with Crippen molar-refractivity contribution in [1.29, 1.82) is 5.26 Å². The fraction of sp³-hybridized carbons (Fsp3) is 0.364. The molecule has 0 radical (unpaired) electrons. The first kappa shape index (κ1) is 11.7. The van der Waals surface area contributed by atoms with Crippen LogP contribution in [0.3, 0.4) is 0 Å². The lowest BCUT2D eigenvalue weighted by Crippen LogP contribution is -2.23. The molecule has 1 unspecified atom stereocenters. The van der Waals surface area contributed by atoms with E-state index < -0.39 is 4.32 Å². The van der Waals surface area contributed by atoms with Crippen molar-refractivity contribution in [2.45, 2.75) is 17.7 Å². The van der Waals surface area contributed by atoms with Crippen LogP contribution in [0.5, 0.6) is 0 Å². The molecule has 0 bridgehead atoms. The zero-order valence-corrected chi connectivity index (χ0v) is 11.1. The summed E-state index contributed by atoms with van der Waals surface area (Å²) >= 11 is 6.77. The molecule has 0 spiro atoms. The van der Waals surface area contributed by atoms with E-state index in [9.17, 15) is 0 Å². The fourth-order valence-electron chi connectivity index (χ4n) is 1.15. The number of hydrogen-bond acceptors (Lipinski definition) is 1. The summed E-state index contributed by atoms with van der Waals surface area (Å²) in [5.74, 6) is 0. The Bertz CT molecular complexity index is 339. The number of halogens is 2. The summed E-state index contributed by atoms with van der Waals surface area (Å²) in [6.07, 6.45) is 0.717. The van der Waals surface area contributed by atoms with Gasteiger partial charge in [-0.25, -0.2) is 0 Å². The summed E-state index contributed by atoms with van der Waals surface area (Å²) < 4.78 is -0.484. The molecule has 1 rings (SSSR count). The second kappa shape index (κ2) is 4.95. The molecular weight excluding hydrogens is 306 g/mol. The van der Waals surface area contributed by atoms with Crippen LogP contribution < -0.4 is 0 Å². The van der Waals surface area contributed by atoms with Crippen LogP contribution >= 0.6 is 31.9 Å². The molecule has 0 fully saturated rings. The van der Waals surface area contributed by atoms with E-state index in [4.69, 9.17) is 5.26 Å². The van der Waals surface area contributed by atoms with Crippen molar-refractivity contribution in [3.8, 4) is 6.07 Å². The number of nitrogens with zero attached hydrogens (tertiary/aromatic N) is 1. The van der Waals surface area contributed by atoms with Crippen molar-refractivity contribution >= 4 is 31.9 Å². The second-order valence-corrected chi connectivity index (χ2v) is 5.45. The third-order valence-electron chi connectivity index (χ3n) is 2.02. The molecule has 0 amide bonds. The van der Waals surface area contributed by atoms with Crippen LogP contribution in [-0.4, -0.2) is 9.65 Å². The van der Waals surface area contributed by atoms with Gasteiger partial charge >= 0.3 is 0 Å². The highest BCUT2D eigenvalue weighted by molar-refractivity contribution is 9.12. The van der Waals surface area contributed by atoms with Crippen LogP contribution in [0.2, 0.25) is 0 Å². The molecule has 1 nitrogen and oxygen atoms in total. The summed E-state index contributed by atoms with van der Waals surface area (Å²) in [5.41, 5.74) is 2.41. The number of benzene rings is 1. The molecule has 14 heavy (non-hydrogen) atoms. The zero-order chi connectivity index (χ0) is 10.6. The van der Waals surface area contributed by atoms with Crippen LogP contribution in [0.1, 0.15) is 11.1 Å². The van der Waals surface area contributed by atoms with Crippen molar-refractivity contribution in [3.63, 3.8) is 0 Å². The average molecular weight is 317 g/mol. The summed E-state index contributed by atoms with van der Waals surface area (Å²) in [6, 6.07) is 10.5. The van der Waals surface area contributed by atoms with Gasteiger partial charge in [-0.2, -0.15) is 5.26 Å². The maximum Gasteiger partial charge on any atom is 0.126 e. The Morgan fingerprint density at radius 3 is 2.36 bits per heavy atom. The highest BCUT2D eigenvalue weighted by Gasteiger charge is 2.24. The Kier molecular flexibility index (Phi) is 4.15. The third-order valence-corrected chi connectivity index (χ3v) is 4.46. The van der Waals surface area contributed by atoms with Gasteiger partial charge in [-0.05, 0) is 12.5 Å². The van der Waals surface area contributed by atoms with Gasteiger partial charge in [0.25, 0.3) is 0 Å². The topological polar surface area (TPSA) is 23.8 Å². The first-order chi connectivity index (χ1) is 6.59. The van der Waals surface area contributed by atoms with Gasteiger partial charge in [-0.15, -0.1) is 0 Å². The van der Waals surface area contributed by atoms with Crippen LogP contribution in [0, 0.1) is 18.3 Å². The predicted octanol–water partition coefficient (Wildman–Crippen LogP) is 3.59. The van der Waals surface area contributed by atoms with E-state index in [1.165, 1.54) is 11.1 Å². The van der Waals surface area contributed by atoms with Crippen molar-refractivity contribution in [3.05, 3.63) is 35.4 Å². The van der Waals surface area contributed by atoms with Gasteiger partial charge in [-0.3, -0.25) is 0 Å². The van der Waals surface area contributed by atoms with Gasteiger partial charge in [0.1, 0.15) is 4.32 Å². The molecule has 1 aromatic rings. The van der Waals surface area contributed by atoms with Gasteiger partial charge in [-0.1, -0.05) is 61.7 Å². The van der Waals surface area contributed by atoms with Gasteiger partial charge in [0.15, 0.2) is 0 Å². The van der Waals surface area contributed by atoms with Crippen molar-refractivity contribution in [1.82, 2.24) is 0 Å². The molecule has 3 heteroatoms. The summed E-state index contributed by atoms with van der Waals surface area (Å²) in [5, 5.41) is 9.60. The first-order valence-corrected chi connectivity index (χ1v) is 6.23. The average Bonchev–Trinajstić information content (AvgIpc) is 2.21. The number of nitriles is 1. The molecule has 0 aliphatic carbocycles. The quantitative estimate of drug-likeness (QED) is 0.782. The molecule has 0 aromatic heterocycles. The van der Waals surface area contributed by atoms with E-state index in [0.29, 0.717) is 5.33 Å². The minimum atomic E-state index is -0.484. The van der Waals surface area contributed by atoms with E-state index in [-0.39, 0.29) is 0 Å². The highest BCUT2D eigenvalue weighted by Crippen LogP contribution is 2.25. The molecule has 1 aromatic carbocycles. The van der Waals surface area contributed by atoms with Crippen molar-refractivity contribution < 1.29 is 0 Å². The molecule has 0 heterocycles. The summed E-state index contributed by atoms with van der Waals surface area (Å²) in [4.78, 5) is 0. The summed E-state index contributed by atoms with van der Waals surface area (Å²) in [6.45, 7) is 2.06. The molecule has 1 atom stereocenters. The minimum Gasteiger partial charge on any atom is -0.197 e. The van der Waals surface area contributed by atoms with Gasteiger partial charge < -0.3 is 0 Å². The Morgan fingerprint density at radius 1 is 1.36 bits per heavy atom. The van der Waals surface area contributed by atoms with E-state index >= 15 is 0 Å². The minimum absolute atomic E-state index is 0.484. The van der Waals surface area contributed by atoms with E-state index in [1.807, 2.05) is 0 Å². The van der Waals surface area contributed by atoms with Crippen LogP contribution in [-0.2, 0) is 6.42 Å². The highest BCUT2D eigenvalue weighted by atomic mass is 79.9. The second-order valence-electron chi connectivity index (χ2n) is 3.37. The molecule has 74 valence electrons. The number of alkyl halides is 2. The van der Waals surface area contributed by atoms with E-state index in [0.717, 1.165) is 6.42 Å². The van der Waals surface area contributed by atoms with Crippen LogP contribution in [0.4, 0.5) is 0 Å². The van der Waals surface area contributed by atoms with Crippen LogP contribution in [0.15, 0.2) is 24.3 Å². The smallest absolute Gasteiger partial charge is 0.126 e. The predicted molar refractivity (Wildman–Crippen MR) is 65.9 cm³/mol. The summed E-state index contributed by atoms with van der Waals surface area (Å²) in [7, 11) is 0. The lowest BCUT2D eigenvalue weighted by molar-refractivity contribution is 0.830. The molecule has 0 saturated heterocycles. The van der Waals surface area contributed by atoms with Crippen LogP contribution in [0.25, 0.3) is 0 Å². The molecule has 0 aliphatic rings. The van der Waals surface area contributed by atoms with Gasteiger partial charge in [0, 0.05) is 11.8 Å². The fourth-order valence-corrected chi connectivity index (χ4v) is 1.79. The lowest BCUT2D eigenvalue weighted by atomic mass is 10.0. The lowest BCUT2D eigenvalue weighted by Gasteiger charge is -2.15. The monoisotopic (exact) mass is 315 g/mol. The van der Waals surface area contributed by atoms with Crippen molar-refractivity contribution in [2.75, 3.05) is 5.33 Å². The zero-order valence-electron chi connectivity index (χ0n) is 7.93. The maximum atomic E-state index is 8.97. The molecule has 0 N–H and O–H groups in total. The largest absolute Gasteiger partial charge is 0.197 e. The molecule has 0 saturated carbocycles. The number of hydrogen-bond donors (Lipinski definition) is 0. The van der Waals surface area contributed by atoms with Crippen molar-refractivity contribution in [2.24, 2.45) is 0 Å². The molecular formula is C11H11Br2N. The Labute approximate surface area is 101 Å². The first-order valence-electron chi connectivity index (χ1n) is 4.31. The van der Waals surface area contributed by atoms with E-state index in [2.05, 4.69) is 69.1 Å². The Balaban J connectivity index is 2.79. The molecule has 0 aliphatic heterocycles. The third kappa shape index (κ3) is 3.11. The Hall–Kier alpha value is -0.330.